The molecule has 0 saturated heterocycles. The minimum Gasteiger partial charge on any atom is -0.367 e. The van der Waals surface area contributed by atoms with Crippen LogP contribution in [0.3, 0.4) is 0 Å². The Morgan fingerprint density at radius 1 is 1.67 bits per heavy atom. The van der Waals surface area contributed by atoms with Gasteiger partial charge in [-0.15, -0.1) is 0 Å². The van der Waals surface area contributed by atoms with E-state index in [0.29, 0.717) is 17.8 Å². The maximum Gasteiger partial charge on any atom is 0.274 e. The van der Waals surface area contributed by atoms with E-state index in [0.717, 1.165) is 0 Å². The number of anilines is 1. The molecule has 1 aliphatic carbocycles. The molecule has 1 unspecified atom stereocenters. The van der Waals surface area contributed by atoms with Crippen LogP contribution in [0.5, 0.6) is 0 Å². The van der Waals surface area contributed by atoms with E-state index in [1.165, 1.54) is 31.2 Å². The third-order valence-electron chi connectivity index (χ3n) is 2.66. The third-order valence-corrected chi connectivity index (χ3v) is 2.66. The lowest BCUT2D eigenvalue weighted by Gasteiger charge is -2.12. The molecule has 0 bridgehead atoms. The second kappa shape index (κ2) is 3.84. The molecule has 15 heavy (non-hydrogen) atoms. The lowest BCUT2D eigenvalue weighted by molar-refractivity contribution is -0.384. The van der Waals surface area contributed by atoms with Gasteiger partial charge in [-0.1, -0.05) is 0 Å². The van der Waals surface area contributed by atoms with Crippen LogP contribution in [-0.2, 0) is 0 Å². The fourth-order valence-electron chi connectivity index (χ4n) is 1.56. The lowest BCUT2D eigenvalue weighted by atomic mass is 10.2. The average molecular weight is 207 g/mol. The molecule has 1 atom stereocenters. The maximum atomic E-state index is 10.5. The molecule has 2 rings (SSSR count). The number of nitro groups is 1. The van der Waals surface area contributed by atoms with Crippen molar-refractivity contribution in [1.29, 1.82) is 0 Å². The van der Waals surface area contributed by atoms with Crippen molar-refractivity contribution in [3.63, 3.8) is 0 Å². The molecule has 1 aliphatic rings. The van der Waals surface area contributed by atoms with Gasteiger partial charge in [-0.25, -0.2) is 4.98 Å². The van der Waals surface area contributed by atoms with Crippen LogP contribution in [0, 0.1) is 16.0 Å². The Morgan fingerprint density at radius 2 is 2.40 bits per heavy atom. The highest BCUT2D eigenvalue weighted by Gasteiger charge is 2.28. The third kappa shape index (κ3) is 2.43. The fraction of sp³-hybridized carbons (Fsp3) is 0.500. The average Bonchev–Trinajstić information content (AvgIpc) is 3.01. The Morgan fingerprint density at radius 3 is 3.00 bits per heavy atom. The molecule has 0 radical (unpaired) electrons. The minimum absolute atomic E-state index is 0.0792. The Labute approximate surface area is 87.7 Å². The van der Waals surface area contributed by atoms with Gasteiger partial charge < -0.3 is 5.32 Å². The van der Waals surface area contributed by atoms with E-state index in [4.69, 9.17) is 0 Å². The van der Waals surface area contributed by atoms with Crippen LogP contribution < -0.4 is 5.32 Å². The van der Waals surface area contributed by atoms with Gasteiger partial charge in [0, 0.05) is 18.3 Å². The molecule has 0 spiro atoms. The fourth-order valence-corrected chi connectivity index (χ4v) is 1.56. The molecule has 0 aromatic carbocycles. The summed E-state index contributed by atoms with van der Waals surface area (Å²) in [5.74, 6) is 1.29. The zero-order chi connectivity index (χ0) is 10.8. The van der Waals surface area contributed by atoms with Crippen molar-refractivity contribution < 1.29 is 4.92 Å². The van der Waals surface area contributed by atoms with Gasteiger partial charge in [0.15, 0.2) is 0 Å². The van der Waals surface area contributed by atoms with Crippen LogP contribution in [0.4, 0.5) is 11.5 Å². The normalized spacial score (nSPS) is 17.1. The van der Waals surface area contributed by atoms with E-state index in [2.05, 4.69) is 17.2 Å². The highest BCUT2D eigenvalue weighted by atomic mass is 16.6. The van der Waals surface area contributed by atoms with Crippen molar-refractivity contribution >= 4 is 11.5 Å². The first-order valence-corrected chi connectivity index (χ1v) is 5.04. The second-order valence-corrected chi connectivity index (χ2v) is 3.93. The molecule has 80 valence electrons. The highest BCUT2D eigenvalue weighted by molar-refractivity contribution is 5.44. The van der Waals surface area contributed by atoms with Gasteiger partial charge in [-0.2, -0.15) is 0 Å². The molecule has 1 fully saturated rings. The van der Waals surface area contributed by atoms with Gasteiger partial charge in [-0.3, -0.25) is 10.1 Å². The van der Waals surface area contributed by atoms with E-state index < -0.39 is 4.92 Å². The zero-order valence-electron chi connectivity index (χ0n) is 8.51. The summed E-state index contributed by atoms with van der Waals surface area (Å²) in [4.78, 5) is 14.2. The summed E-state index contributed by atoms with van der Waals surface area (Å²) < 4.78 is 0. The highest BCUT2D eigenvalue weighted by Crippen LogP contribution is 2.33. The maximum absolute atomic E-state index is 10.5. The monoisotopic (exact) mass is 207 g/mol. The minimum atomic E-state index is -0.408. The predicted octanol–water partition coefficient (Wildman–Crippen LogP) is 2.20. The van der Waals surface area contributed by atoms with Gasteiger partial charge in [0.1, 0.15) is 5.82 Å². The summed E-state index contributed by atoms with van der Waals surface area (Å²) in [6, 6.07) is 3.21. The number of nitrogens with zero attached hydrogens (tertiary/aromatic N) is 2. The second-order valence-electron chi connectivity index (χ2n) is 3.93. The molecule has 1 aromatic heterocycles. The molecule has 5 heteroatoms. The topological polar surface area (TPSA) is 68.1 Å². The summed E-state index contributed by atoms with van der Waals surface area (Å²) >= 11 is 0. The molecule has 1 N–H and O–H groups in total. The smallest absolute Gasteiger partial charge is 0.274 e. The number of hydrogen-bond donors (Lipinski definition) is 1. The molecule has 1 aromatic rings. The van der Waals surface area contributed by atoms with Crippen LogP contribution in [0.25, 0.3) is 0 Å². The largest absolute Gasteiger partial charge is 0.367 e. The molecular formula is C10H13N3O2. The lowest BCUT2D eigenvalue weighted by Crippen LogP contribution is -2.18. The SMILES string of the molecule is CC(Nc1cc([N+](=O)[O-])ccn1)C1CC1. The molecule has 1 saturated carbocycles. The number of nitrogens with one attached hydrogen (secondary N) is 1. The van der Waals surface area contributed by atoms with Crippen molar-refractivity contribution in [2.45, 2.75) is 25.8 Å². The van der Waals surface area contributed by atoms with Crippen LogP contribution in [-0.4, -0.2) is 15.9 Å². The van der Waals surface area contributed by atoms with Crippen molar-refractivity contribution in [1.82, 2.24) is 4.98 Å². The first-order valence-electron chi connectivity index (χ1n) is 5.04. The first-order chi connectivity index (χ1) is 7.16. The summed E-state index contributed by atoms with van der Waals surface area (Å²) in [5, 5.41) is 13.7. The van der Waals surface area contributed by atoms with Gasteiger partial charge in [0.25, 0.3) is 5.69 Å². The van der Waals surface area contributed by atoms with Crippen LogP contribution in [0.15, 0.2) is 18.3 Å². The molecule has 1 heterocycles. The van der Waals surface area contributed by atoms with E-state index >= 15 is 0 Å². The summed E-state index contributed by atoms with van der Waals surface area (Å²) in [5.41, 5.74) is 0.0792. The van der Waals surface area contributed by atoms with E-state index in [1.54, 1.807) is 0 Å². The quantitative estimate of drug-likeness (QED) is 0.607. The number of aromatic nitrogens is 1. The van der Waals surface area contributed by atoms with Gasteiger partial charge in [0.2, 0.25) is 0 Å². The number of hydrogen-bond acceptors (Lipinski definition) is 4. The van der Waals surface area contributed by atoms with Crippen molar-refractivity contribution in [3.8, 4) is 0 Å². The van der Waals surface area contributed by atoms with Gasteiger partial charge in [0.05, 0.1) is 11.0 Å². The Hall–Kier alpha value is -1.65. The van der Waals surface area contributed by atoms with Crippen LogP contribution in [0.2, 0.25) is 0 Å². The van der Waals surface area contributed by atoms with E-state index in [1.807, 2.05) is 0 Å². The van der Waals surface area contributed by atoms with Gasteiger partial charge in [-0.05, 0) is 25.7 Å². The molecule has 0 amide bonds. The standard InChI is InChI=1S/C10H13N3O2/c1-7(8-2-3-8)12-10-6-9(13(14)15)4-5-11-10/h4-8H,2-3H2,1H3,(H,11,12). The van der Waals surface area contributed by atoms with Crippen molar-refractivity contribution in [2.75, 3.05) is 5.32 Å². The number of rotatable bonds is 4. The van der Waals surface area contributed by atoms with E-state index in [-0.39, 0.29) is 5.69 Å². The zero-order valence-corrected chi connectivity index (χ0v) is 8.51. The Kier molecular flexibility index (Phi) is 2.53. The molecule has 5 nitrogen and oxygen atoms in total. The molecular weight excluding hydrogens is 194 g/mol. The Balaban J connectivity index is 2.07. The number of pyridine rings is 1. The Bertz CT molecular complexity index is 377. The van der Waals surface area contributed by atoms with Gasteiger partial charge >= 0.3 is 0 Å². The molecule has 0 aliphatic heterocycles. The van der Waals surface area contributed by atoms with Crippen molar-refractivity contribution in [3.05, 3.63) is 28.4 Å². The van der Waals surface area contributed by atoms with Crippen molar-refractivity contribution in [2.24, 2.45) is 5.92 Å². The van der Waals surface area contributed by atoms with E-state index in [9.17, 15) is 10.1 Å². The van der Waals surface area contributed by atoms with Crippen LogP contribution >= 0.6 is 0 Å². The predicted molar refractivity (Wildman–Crippen MR) is 56.7 cm³/mol. The first kappa shape index (κ1) is 9.89. The summed E-state index contributed by atoms with van der Waals surface area (Å²) in [7, 11) is 0. The summed E-state index contributed by atoms with van der Waals surface area (Å²) in [6.45, 7) is 2.08. The van der Waals surface area contributed by atoms with Crippen LogP contribution in [0.1, 0.15) is 19.8 Å². The summed E-state index contributed by atoms with van der Waals surface area (Å²) in [6.07, 6.45) is 3.94.